The summed E-state index contributed by atoms with van der Waals surface area (Å²) in [5.41, 5.74) is -0.756. The number of carbonyl (C=O) groups is 3. The molecule has 10 heteroatoms. The summed E-state index contributed by atoms with van der Waals surface area (Å²) in [6, 6.07) is 4.42. The van der Waals surface area contributed by atoms with Gasteiger partial charge in [0.2, 0.25) is 12.7 Å². The van der Waals surface area contributed by atoms with Crippen molar-refractivity contribution in [2.75, 3.05) is 53.9 Å². The fourth-order valence-corrected chi connectivity index (χ4v) is 3.24. The van der Waals surface area contributed by atoms with Crippen molar-refractivity contribution in [2.24, 2.45) is 0 Å². The Morgan fingerprint density at radius 1 is 1.17 bits per heavy atom. The van der Waals surface area contributed by atoms with Crippen LogP contribution in [0.2, 0.25) is 0 Å². The quantitative estimate of drug-likeness (QED) is 0.587. The van der Waals surface area contributed by atoms with Gasteiger partial charge in [-0.15, -0.1) is 0 Å². The average molecular weight is 407 g/mol. The zero-order chi connectivity index (χ0) is 21.0. The molecule has 0 saturated carbocycles. The molecule has 0 unspecified atom stereocenters. The molecule has 1 aromatic rings. The van der Waals surface area contributed by atoms with Crippen molar-refractivity contribution >= 4 is 17.8 Å². The van der Waals surface area contributed by atoms with Crippen LogP contribution in [0.15, 0.2) is 18.2 Å². The van der Waals surface area contributed by atoms with Gasteiger partial charge in [-0.3, -0.25) is 14.5 Å². The molecule has 1 atom stereocenters. The summed E-state index contributed by atoms with van der Waals surface area (Å²) in [4.78, 5) is 40.7. The number of nitrogens with zero attached hydrogens (tertiary/aromatic N) is 2. The number of nitrogens with one attached hydrogen (secondary N) is 1. The van der Waals surface area contributed by atoms with E-state index in [0.29, 0.717) is 43.4 Å². The summed E-state index contributed by atoms with van der Waals surface area (Å²) in [7, 11) is 3.07. The van der Waals surface area contributed by atoms with Gasteiger partial charge in [-0.1, -0.05) is 6.07 Å². The Kier molecular flexibility index (Phi) is 6.23. The molecule has 4 amide bonds. The minimum absolute atomic E-state index is 0.106. The fraction of sp³-hybridized carbons (Fsp3) is 0.526. The minimum atomic E-state index is -1.30. The standard InChI is InChI=1S/C19H25N3O7/c1-19(13-4-5-14-15(10-13)29-12-28-14)17(24)22(18(25)20-19)11-16(23)21(6-8-26-2)7-9-27-3/h4-5,10H,6-9,11-12H2,1-3H3,(H,20,25)/t19-/m0/s1. The first-order valence-corrected chi connectivity index (χ1v) is 9.20. The molecule has 0 radical (unpaired) electrons. The van der Waals surface area contributed by atoms with E-state index in [-0.39, 0.29) is 19.2 Å². The number of hydrogen-bond acceptors (Lipinski definition) is 7. The Morgan fingerprint density at radius 2 is 1.83 bits per heavy atom. The second kappa shape index (κ2) is 8.66. The smallest absolute Gasteiger partial charge is 0.325 e. The SMILES string of the molecule is COCCN(CCOC)C(=O)CN1C(=O)N[C@@](C)(c2ccc3c(c2)OCO3)C1=O. The summed E-state index contributed by atoms with van der Waals surface area (Å²) < 4.78 is 20.7. The largest absolute Gasteiger partial charge is 0.454 e. The van der Waals surface area contributed by atoms with Crippen molar-refractivity contribution in [3.8, 4) is 11.5 Å². The third-order valence-electron chi connectivity index (χ3n) is 5.00. The van der Waals surface area contributed by atoms with Gasteiger partial charge < -0.3 is 29.2 Å². The van der Waals surface area contributed by atoms with Crippen LogP contribution in [0.1, 0.15) is 12.5 Å². The first-order valence-electron chi connectivity index (χ1n) is 9.20. The lowest BCUT2D eigenvalue weighted by molar-refractivity contribution is -0.139. The van der Waals surface area contributed by atoms with Crippen LogP contribution in [0.25, 0.3) is 0 Å². The van der Waals surface area contributed by atoms with E-state index in [1.165, 1.54) is 19.1 Å². The molecule has 1 saturated heterocycles. The van der Waals surface area contributed by atoms with E-state index in [0.717, 1.165) is 4.90 Å². The highest BCUT2D eigenvalue weighted by molar-refractivity contribution is 6.09. The van der Waals surface area contributed by atoms with Crippen LogP contribution in [0.4, 0.5) is 4.79 Å². The lowest BCUT2D eigenvalue weighted by Crippen LogP contribution is -2.46. The zero-order valence-electron chi connectivity index (χ0n) is 16.7. The Bertz CT molecular complexity index is 792. The van der Waals surface area contributed by atoms with Crippen molar-refractivity contribution in [1.82, 2.24) is 15.1 Å². The van der Waals surface area contributed by atoms with Gasteiger partial charge in [0.1, 0.15) is 12.1 Å². The first kappa shape index (κ1) is 20.9. The molecule has 1 N–H and O–H groups in total. The van der Waals surface area contributed by atoms with E-state index in [1.54, 1.807) is 25.1 Å². The van der Waals surface area contributed by atoms with Gasteiger partial charge in [-0.05, 0) is 24.6 Å². The predicted octanol–water partition coefficient (Wildman–Crippen LogP) is 0.304. The predicted molar refractivity (Wildman–Crippen MR) is 100 cm³/mol. The molecule has 3 rings (SSSR count). The third kappa shape index (κ3) is 4.13. The third-order valence-corrected chi connectivity index (χ3v) is 5.00. The molecule has 0 spiro atoms. The maximum Gasteiger partial charge on any atom is 0.325 e. The van der Waals surface area contributed by atoms with Crippen molar-refractivity contribution in [1.29, 1.82) is 0 Å². The number of amides is 4. The summed E-state index contributed by atoms with van der Waals surface area (Å²) in [5.74, 6) is 0.212. The zero-order valence-corrected chi connectivity index (χ0v) is 16.7. The Labute approximate surface area is 168 Å². The van der Waals surface area contributed by atoms with E-state index in [2.05, 4.69) is 5.32 Å². The van der Waals surface area contributed by atoms with Crippen molar-refractivity contribution < 1.29 is 33.3 Å². The van der Waals surface area contributed by atoms with Crippen LogP contribution in [0, 0.1) is 0 Å². The molecule has 0 aliphatic carbocycles. The molecule has 0 aromatic heterocycles. The van der Waals surface area contributed by atoms with Crippen molar-refractivity contribution in [3.05, 3.63) is 23.8 Å². The van der Waals surface area contributed by atoms with E-state index < -0.39 is 17.5 Å². The Balaban J connectivity index is 1.74. The number of ether oxygens (including phenoxy) is 4. The van der Waals surface area contributed by atoms with Gasteiger partial charge in [0.05, 0.1) is 13.2 Å². The van der Waals surface area contributed by atoms with Crippen LogP contribution in [-0.4, -0.2) is 81.5 Å². The molecule has 2 aliphatic rings. The van der Waals surface area contributed by atoms with Gasteiger partial charge in [0, 0.05) is 27.3 Å². The van der Waals surface area contributed by atoms with Gasteiger partial charge in [0.25, 0.3) is 5.91 Å². The molecule has 1 aromatic carbocycles. The lowest BCUT2D eigenvalue weighted by Gasteiger charge is -2.25. The number of fused-ring (bicyclic) bond motifs is 1. The molecular weight excluding hydrogens is 382 g/mol. The highest BCUT2D eigenvalue weighted by Gasteiger charge is 2.50. The van der Waals surface area contributed by atoms with Gasteiger partial charge >= 0.3 is 6.03 Å². The molecule has 2 aliphatic heterocycles. The number of rotatable bonds is 9. The molecule has 158 valence electrons. The topological polar surface area (TPSA) is 107 Å². The van der Waals surface area contributed by atoms with Gasteiger partial charge in [0.15, 0.2) is 11.5 Å². The van der Waals surface area contributed by atoms with Crippen LogP contribution in [-0.2, 0) is 24.6 Å². The van der Waals surface area contributed by atoms with Crippen molar-refractivity contribution in [3.63, 3.8) is 0 Å². The summed E-state index contributed by atoms with van der Waals surface area (Å²) in [5, 5.41) is 2.69. The second-order valence-corrected chi connectivity index (χ2v) is 6.88. The summed E-state index contributed by atoms with van der Waals surface area (Å²) in [6.07, 6.45) is 0. The van der Waals surface area contributed by atoms with E-state index in [4.69, 9.17) is 18.9 Å². The van der Waals surface area contributed by atoms with Gasteiger partial charge in [-0.2, -0.15) is 0 Å². The van der Waals surface area contributed by atoms with Crippen molar-refractivity contribution in [2.45, 2.75) is 12.5 Å². The van der Waals surface area contributed by atoms with Crippen LogP contribution in [0.5, 0.6) is 11.5 Å². The number of hydrogen-bond donors (Lipinski definition) is 1. The molecule has 1 fully saturated rings. The van der Waals surface area contributed by atoms with Crippen LogP contribution in [0.3, 0.4) is 0 Å². The maximum atomic E-state index is 13.1. The summed E-state index contributed by atoms with van der Waals surface area (Å²) in [6.45, 7) is 2.69. The number of urea groups is 1. The monoisotopic (exact) mass is 407 g/mol. The molecule has 29 heavy (non-hydrogen) atoms. The van der Waals surface area contributed by atoms with E-state index >= 15 is 0 Å². The normalized spacial score (nSPS) is 20.2. The summed E-state index contributed by atoms with van der Waals surface area (Å²) >= 11 is 0. The molecule has 10 nitrogen and oxygen atoms in total. The molecule has 2 heterocycles. The fourth-order valence-electron chi connectivity index (χ4n) is 3.24. The second-order valence-electron chi connectivity index (χ2n) is 6.88. The molecular formula is C19H25N3O7. The number of carbonyl (C=O) groups excluding carboxylic acids is 3. The first-order chi connectivity index (χ1) is 13.9. The molecule has 0 bridgehead atoms. The van der Waals surface area contributed by atoms with Crippen LogP contribution >= 0.6 is 0 Å². The highest BCUT2D eigenvalue weighted by atomic mass is 16.7. The van der Waals surface area contributed by atoms with E-state index in [9.17, 15) is 14.4 Å². The Morgan fingerprint density at radius 3 is 2.48 bits per heavy atom. The van der Waals surface area contributed by atoms with Gasteiger partial charge in [-0.25, -0.2) is 4.79 Å². The number of benzene rings is 1. The highest BCUT2D eigenvalue weighted by Crippen LogP contribution is 2.37. The lowest BCUT2D eigenvalue weighted by atomic mass is 9.91. The average Bonchev–Trinajstić information content (AvgIpc) is 3.26. The maximum absolute atomic E-state index is 13.1. The minimum Gasteiger partial charge on any atom is -0.454 e. The number of methoxy groups -OCH3 is 2. The Hall–Kier alpha value is -2.85. The van der Waals surface area contributed by atoms with E-state index in [1.807, 2.05) is 0 Å². The van der Waals surface area contributed by atoms with Crippen LogP contribution < -0.4 is 14.8 Å². The number of imide groups is 1.